The Morgan fingerprint density at radius 1 is 1.50 bits per heavy atom. The quantitative estimate of drug-likeness (QED) is 0.480. The zero-order valence-electron chi connectivity index (χ0n) is 8.98. The van der Waals surface area contributed by atoms with Crippen LogP contribution in [-0.2, 0) is 4.79 Å². The lowest BCUT2D eigenvalue weighted by Gasteiger charge is -2.06. The number of nitrogens with two attached hydrogens (primary N) is 1. The number of nitrogens with zero attached hydrogens (tertiary/aromatic N) is 1. The first-order valence-corrected chi connectivity index (χ1v) is 6.22. The molecule has 1 rings (SSSR count). The van der Waals surface area contributed by atoms with E-state index in [1.54, 1.807) is 24.0 Å². The monoisotopic (exact) mass is 240 g/mol. The van der Waals surface area contributed by atoms with Gasteiger partial charge < -0.3 is 5.73 Å². The van der Waals surface area contributed by atoms with Gasteiger partial charge in [0.1, 0.15) is 5.82 Å². The molecule has 0 bridgehead atoms. The number of thioether (sulfide) groups is 1. The Morgan fingerprint density at radius 2 is 2.38 bits per heavy atom. The normalized spacial score (nSPS) is 9.81. The Labute approximate surface area is 99.2 Å². The van der Waals surface area contributed by atoms with Gasteiger partial charge in [-0.1, -0.05) is 6.07 Å². The standard InChI is InChI=1S/C10H16N4OS/c11-5-3-7-16-8-10(15)14-13-9-4-1-2-6-12-9/h1-2,4,6H,3,5,7-8,11H2,(H,12,13)(H,14,15). The molecule has 1 amide bonds. The number of aromatic nitrogens is 1. The van der Waals surface area contributed by atoms with Crippen LogP contribution in [0.5, 0.6) is 0 Å². The van der Waals surface area contributed by atoms with Crippen LogP contribution in [0, 0.1) is 0 Å². The van der Waals surface area contributed by atoms with Crippen molar-refractivity contribution in [3.8, 4) is 0 Å². The van der Waals surface area contributed by atoms with E-state index >= 15 is 0 Å². The Bertz CT molecular complexity index is 307. The molecule has 1 aromatic rings. The van der Waals surface area contributed by atoms with Crippen LogP contribution in [0.3, 0.4) is 0 Å². The summed E-state index contributed by atoms with van der Waals surface area (Å²) in [7, 11) is 0. The summed E-state index contributed by atoms with van der Waals surface area (Å²) in [5.41, 5.74) is 10.7. The van der Waals surface area contributed by atoms with Crippen molar-refractivity contribution in [1.82, 2.24) is 10.4 Å². The lowest BCUT2D eigenvalue weighted by atomic mass is 10.5. The van der Waals surface area contributed by atoms with Gasteiger partial charge in [-0.25, -0.2) is 4.98 Å². The second kappa shape index (κ2) is 7.95. The molecule has 0 aliphatic heterocycles. The summed E-state index contributed by atoms with van der Waals surface area (Å²) in [5, 5.41) is 0. The van der Waals surface area contributed by atoms with E-state index in [0.29, 0.717) is 18.1 Å². The first-order chi connectivity index (χ1) is 7.83. The molecule has 0 spiro atoms. The van der Waals surface area contributed by atoms with Crippen molar-refractivity contribution in [2.75, 3.05) is 23.5 Å². The van der Waals surface area contributed by atoms with Crippen LogP contribution < -0.4 is 16.6 Å². The molecule has 0 atom stereocenters. The molecule has 16 heavy (non-hydrogen) atoms. The van der Waals surface area contributed by atoms with Crippen molar-refractivity contribution >= 4 is 23.5 Å². The first kappa shape index (κ1) is 12.8. The fraction of sp³-hybridized carbons (Fsp3) is 0.400. The zero-order chi connectivity index (χ0) is 11.6. The van der Waals surface area contributed by atoms with Crippen LogP contribution in [0.1, 0.15) is 6.42 Å². The third kappa shape index (κ3) is 5.57. The van der Waals surface area contributed by atoms with E-state index in [1.807, 2.05) is 12.1 Å². The molecule has 5 nitrogen and oxygen atoms in total. The van der Waals surface area contributed by atoms with Crippen LogP contribution in [0.2, 0.25) is 0 Å². The summed E-state index contributed by atoms with van der Waals surface area (Å²) in [5.74, 6) is 1.91. The number of hydrogen-bond acceptors (Lipinski definition) is 5. The van der Waals surface area contributed by atoms with Gasteiger partial charge >= 0.3 is 0 Å². The number of hydrazine groups is 1. The average molecular weight is 240 g/mol. The highest BCUT2D eigenvalue weighted by atomic mass is 32.2. The fourth-order valence-corrected chi connectivity index (χ4v) is 1.73. The van der Waals surface area contributed by atoms with E-state index in [0.717, 1.165) is 12.2 Å². The molecule has 0 aliphatic carbocycles. The van der Waals surface area contributed by atoms with Crippen molar-refractivity contribution in [3.63, 3.8) is 0 Å². The molecule has 0 radical (unpaired) electrons. The molecule has 0 unspecified atom stereocenters. The number of carbonyl (C=O) groups is 1. The van der Waals surface area contributed by atoms with Crippen molar-refractivity contribution < 1.29 is 4.79 Å². The van der Waals surface area contributed by atoms with Crippen molar-refractivity contribution in [2.24, 2.45) is 5.73 Å². The van der Waals surface area contributed by atoms with E-state index in [4.69, 9.17) is 5.73 Å². The predicted octanol–water partition coefficient (Wildman–Crippen LogP) is 0.607. The smallest absolute Gasteiger partial charge is 0.248 e. The van der Waals surface area contributed by atoms with E-state index in [9.17, 15) is 4.79 Å². The molecule has 0 saturated heterocycles. The highest BCUT2D eigenvalue weighted by molar-refractivity contribution is 7.99. The SMILES string of the molecule is NCCCSCC(=O)NNc1ccccn1. The van der Waals surface area contributed by atoms with Crippen LogP contribution >= 0.6 is 11.8 Å². The Balaban J connectivity index is 2.11. The van der Waals surface area contributed by atoms with Gasteiger partial charge in [-0.15, -0.1) is 0 Å². The van der Waals surface area contributed by atoms with Crippen LogP contribution in [0.15, 0.2) is 24.4 Å². The fourth-order valence-electron chi connectivity index (χ4n) is 0.957. The number of nitrogens with one attached hydrogen (secondary N) is 2. The van der Waals surface area contributed by atoms with E-state index in [2.05, 4.69) is 15.8 Å². The van der Waals surface area contributed by atoms with Crippen molar-refractivity contribution in [1.29, 1.82) is 0 Å². The van der Waals surface area contributed by atoms with E-state index < -0.39 is 0 Å². The molecule has 4 N–H and O–H groups in total. The summed E-state index contributed by atoms with van der Waals surface area (Å²) in [6.45, 7) is 0.667. The maximum atomic E-state index is 11.3. The maximum absolute atomic E-state index is 11.3. The Hall–Kier alpha value is -1.27. The summed E-state index contributed by atoms with van der Waals surface area (Å²) in [4.78, 5) is 15.3. The topological polar surface area (TPSA) is 80.0 Å². The lowest BCUT2D eigenvalue weighted by molar-refractivity contribution is -0.118. The van der Waals surface area contributed by atoms with Gasteiger partial charge in [0.25, 0.3) is 0 Å². The van der Waals surface area contributed by atoms with Gasteiger partial charge in [-0.05, 0) is 30.9 Å². The Morgan fingerprint density at radius 3 is 3.06 bits per heavy atom. The van der Waals surface area contributed by atoms with Crippen LogP contribution in [-0.4, -0.2) is 28.9 Å². The minimum Gasteiger partial charge on any atom is -0.330 e. The average Bonchev–Trinajstić information content (AvgIpc) is 2.33. The molecule has 0 saturated carbocycles. The molecule has 0 fully saturated rings. The minimum atomic E-state index is -0.0623. The number of pyridine rings is 1. The molecule has 88 valence electrons. The summed E-state index contributed by atoms with van der Waals surface area (Å²) in [6.07, 6.45) is 2.59. The number of carbonyl (C=O) groups excluding carboxylic acids is 1. The summed E-state index contributed by atoms with van der Waals surface area (Å²) < 4.78 is 0. The number of rotatable bonds is 7. The molecule has 1 heterocycles. The molecule has 0 aromatic carbocycles. The number of hydrogen-bond donors (Lipinski definition) is 3. The highest BCUT2D eigenvalue weighted by Crippen LogP contribution is 2.01. The van der Waals surface area contributed by atoms with Gasteiger partial charge in [-0.2, -0.15) is 11.8 Å². The number of amides is 1. The molecule has 0 aliphatic rings. The lowest BCUT2D eigenvalue weighted by Crippen LogP contribution is -2.31. The zero-order valence-corrected chi connectivity index (χ0v) is 9.80. The molecular weight excluding hydrogens is 224 g/mol. The van der Waals surface area contributed by atoms with Gasteiger partial charge in [-0.3, -0.25) is 15.6 Å². The van der Waals surface area contributed by atoms with Gasteiger partial charge in [0.2, 0.25) is 5.91 Å². The second-order valence-corrected chi connectivity index (χ2v) is 4.19. The van der Waals surface area contributed by atoms with Gasteiger partial charge in [0.15, 0.2) is 0 Å². The van der Waals surface area contributed by atoms with Gasteiger partial charge in [0.05, 0.1) is 5.75 Å². The Kier molecular flexibility index (Phi) is 6.36. The van der Waals surface area contributed by atoms with Crippen molar-refractivity contribution in [3.05, 3.63) is 24.4 Å². The van der Waals surface area contributed by atoms with Gasteiger partial charge in [0, 0.05) is 6.20 Å². The largest absolute Gasteiger partial charge is 0.330 e. The van der Waals surface area contributed by atoms with Crippen LogP contribution in [0.4, 0.5) is 5.82 Å². The molecular formula is C10H16N4OS. The summed E-state index contributed by atoms with van der Waals surface area (Å²) >= 11 is 1.57. The van der Waals surface area contributed by atoms with Crippen molar-refractivity contribution in [2.45, 2.75) is 6.42 Å². The third-order valence-electron chi connectivity index (χ3n) is 1.72. The maximum Gasteiger partial charge on any atom is 0.248 e. The first-order valence-electron chi connectivity index (χ1n) is 5.06. The number of anilines is 1. The van der Waals surface area contributed by atoms with E-state index in [1.165, 1.54) is 0 Å². The molecule has 6 heteroatoms. The molecule has 1 aromatic heterocycles. The minimum absolute atomic E-state index is 0.0623. The van der Waals surface area contributed by atoms with Crippen LogP contribution in [0.25, 0.3) is 0 Å². The highest BCUT2D eigenvalue weighted by Gasteiger charge is 2.00. The second-order valence-electron chi connectivity index (χ2n) is 3.08. The predicted molar refractivity (Wildman–Crippen MR) is 67.0 cm³/mol. The summed E-state index contributed by atoms with van der Waals surface area (Å²) in [6, 6.07) is 5.44. The van der Waals surface area contributed by atoms with E-state index in [-0.39, 0.29) is 5.91 Å². The third-order valence-corrected chi connectivity index (χ3v) is 2.76.